The number of benzene rings is 1. The number of para-hydroxylation sites is 1. The Labute approximate surface area is 95.3 Å². The molecule has 0 saturated carbocycles. The number of aliphatic hydroxyl groups is 1. The van der Waals surface area contributed by atoms with Gasteiger partial charge in [-0.3, -0.25) is 0 Å². The van der Waals surface area contributed by atoms with Gasteiger partial charge in [0.05, 0.1) is 18.5 Å². The Morgan fingerprint density at radius 2 is 2.00 bits per heavy atom. The first-order valence-corrected chi connectivity index (χ1v) is 5.59. The summed E-state index contributed by atoms with van der Waals surface area (Å²) in [4.78, 5) is 0. The van der Waals surface area contributed by atoms with Crippen LogP contribution in [0.5, 0.6) is 0 Å². The highest BCUT2D eigenvalue weighted by Crippen LogP contribution is 2.16. The van der Waals surface area contributed by atoms with Gasteiger partial charge in [-0.2, -0.15) is 5.10 Å². The number of nitrogens with zero attached hydrogens (tertiary/aromatic N) is 2. The lowest BCUT2D eigenvalue weighted by Gasteiger charge is -2.07. The summed E-state index contributed by atoms with van der Waals surface area (Å²) in [5, 5.41) is 13.6. The SMILES string of the molecule is CCCc1c(CO)cnn1-c1ccccc1. The quantitative estimate of drug-likeness (QED) is 0.851. The van der Waals surface area contributed by atoms with E-state index in [1.807, 2.05) is 35.0 Å². The minimum atomic E-state index is 0.0577. The molecule has 2 aromatic rings. The van der Waals surface area contributed by atoms with Crippen LogP contribution in [0.3, 0.4) is 0 Å². The normalized spacial score (nSPS) is 10.6. The van der Waals surface area contributed by atoms with Crippen molar-refractivity contribution < 1.29 is 5.11 Å². The van der Waals surface area contributed by atoms with E-state index in [-0.39, 0.29) is 6.61 Å². The van der Waals surface area contributed by atoms with Gasteiger partial charge in [-0.1, -0.05) is 31.5 Å². The fraction of sp³-hybridized carbons (Fsp3) is 0.308. The molecule has 0 spiro atoms. The van der Waals surface area contributed by atoms with Crippen LogP contribution in [0.2, 0.25) is 0 Å². The second kappa shape index (κ2) is 4.94. The van der Waals surface area contributed by atoms with E-state index in [0.717, 1.165) is 29.8 Å². The zero-order chi connectivity index (χ0) is 11.4. The van der Waals surface area contributed by atoms with Crippen LogP contribution in [0.15, 0.2) is 36.5 Å². The van der Waals surface area contributed by atoms with Crippen LogP contribution in [-0.2, 0) is 13.0 Å². The average Bonchev–Trinajstić information content (AvgIpc) is 2.74. The summed E-state index contributed by atoms with van der Waals surface area (Å²) in [5.41, 5.74) is 3.08. The number of rotatable bonds is 4. The molecule has 84 valence electrons. The van der Waals surface area contributed by atoms with Gasteiger partial charge in [-0.05, 0) is 18.6 Å². The molecule has 0 saturated heterocycles. The van der Waals surface area contributed by atoms with E-state index >= 15 is 0 Å². The largest absolute Gasteiger partial charge is 0.392 e. The molecule has 1 N–H and O–H groups in total. The fourth-order valence-electron chi connectivity index (χ4n) is 1.83. The molecule has 0 aliphatic heterocycles. The Balaban J connectivity index is 2.44. The highest BCUT2D eigenvalue weighted by molar-refractivity contribution is 5.34. The highest BCUT2D eigenvalue weighted by atomic mass is 16.3. The number of aliphatic hydroxyl groups excluding tert-OH is 1. The van der Waals surface area contributed by atoms with Gasteiger partial charge in [0.15, 0.2) is 0 Å². The van der Waals surface area contributed by atoms with Gasteiger partial charge in [-0.15, -0.1) is 0 Å². The molecule has 0 aliphatic carbocycles. The Bertz CT molecular complexity index is 448. The molecule has 1 aromatic carbocycles. The van der Waals surface area contributed by atoms with E-state index < -0.39 is 0 Å². The van der Waals surface area contributed by atoms with Crippen LogP contribution in [-0.4, -0.2) is 14.9 Å². The summed E-state index contributed by atoms with van der Waals surface area (Å²) in [6.45, 7) is 2.19. The molecule has 0 aliphatic rings. The molecule has 0 atom stereocenters. The zero-order valence-electron chi connectivity index (χ0n) is 9.43. The molecule has 0 bridgehead atoms. The molecule has 0 unspecified atom stereocenters. The fourth-order valence-corrected chi connectivity index (χ4v) is 1.83. The maximum Gasteiger partial charge on any atom is 0.0715 e. The van der Waals surface area contributed by atoms with Crippen molar-refractivity contribution in [3.8, 4) is 5.69 Å². The Morgan fingerprint density at radius 1 is 1.25 bits per heavy atom. The van der Waals surface area contributed by atoms with Gasteiger partial charge < -0.3 is 5.11 Å². The molecule has 1 heterocycles. The highest BCUT2D eigenvalue weighted by Gasteiger charge is 2.10. The first kappa shape index (κ1) is 10.9. The molecule has 0 radical (unpaired) electrons. The minimum absolute atomic E-state index is 0.0577. The summed E-state index contributed by atoms with van der Waals surface area (Å²) in [5.74, 6) is 0. The topological polar surface area (TPSA) is 38.1 Å². The zero-order valence-corrected chi connectivity index (χ0v) is 9.43. The van der Waals surface area contributed by atoms with Crippen LogP contribution in [0.1, 0.15) is 24.6 Å². The second-order valence-electron chi connectivity index (χ2n) is 3.77. The number of hydrogen-bond donors (Lipinski definition) is 1. The smallest absolute Gasteiger partial charge is 0.0715 e. The molecule has 0 amide bonds. The van der Waals surface area contributed by atoms with E-state index in [2.05, 4.69) is 12.0 Å². The van der Waals surface area contributed by atoms with Crippen molar-refractivity contribution in [1.29, 1.82) is 0 Å². The summed E-state index contributed by atoms with van der Waals surface area (Å²) in [6.07, 6.45) is 3.73. The number of aromatic nitrogens is 2. The number of hydrogen-bond acceptors (Lipinski definition) is 2. The molecular weight excluding hydrogens is 200 g/mol. The van der Waals surface area contributed by atoms with Crippen molar-refractivity contribution in [2.24, 2.45) is 0 Å². The van der Waals surface area contributed by atoms with Crippen molar-refractivity contribution in [1.82, 2.24) is 9.78 Å². The average molecular weight is 216 g/mol. The Kier molecular flexibility index (Phi) is 3.37. The molecule has 0 fully saturated rings. The lowest BCUT2D eigenvalue weighted by atomic mass is 10.1. The Hall–Kier alpha value is -1.61. The Morgan fingerprint density at radius 3 is 2.62 bits per heavy atom. The summed E-state index contributed by atoms with van der Waals surface area (Å²) >= 11 is 0. The van der Waals surface area contributed by atoms with Gasteiger partial charge in [0, 0.05) is 11.3 Å². The molecular formula is C13H16N2O. The predicted octanol–water partition coefficient (Wildman–Crippen LogP) is 2.32. The van der Waals surface area contributed by atoms with E-state index in [4.69, 9.17) is 0 Å². The summed E-state index contributed by atoms with van der Waals surface area (Å²) < 4.78 is 1.91. The van der Waals surface area contributed by atoms with E-state index in [1.54, 1.807) is 6.20 Å². The first-order chi connectivity index (χ1) is 7.86. The first-order valence-electron chi connectivity index (χ1n) is 5.59. The van der Waals surface area contributed by atoms with Gasteiger partial charge >= 0.3 is 0 Å². The van der Waals surface area contributed by atoms with Crippen LogP contribution < -0.4 is 0 Å². The van der Waals surface area contributed by atoms with Crippen LogP contribution in [0.25, 0.3) is 5.69 Å². The van der Waals surface area contributed by atoms with Crippen molar-refractivity contribution >= 4 is 0 Å². The predicted molar refractivity (Wildman–Crippen MR) is 63.5 cm³/mol. The third-order valence-corrected chi connectivity index (χ3v) is 2.61. The van der Waals surface area contributed by atoms with Gasteiger partial charge in [0.25, 0.3) is 0 Å². The van der Waals surface area contributed by atoms with Gasteiger partial charge in [0.2, 0.25) is 0 Å². The maximum absolute atomic E-state index is 9.25. The molecule has 1 aromatic heterocycles. The van der Waals surface area contributed by atoms with Crippen molar-refractivity contribution in [2.45, 2.75) is 26.4 Å². The third kappa shape index (κ3) is 1.99. The van der Waals surface area contributed by atoms with Gasteiger partial charge in [0.1, 0.15) is 0 Å². The monoisotopic (exact) mass is 216 g/mol. The maximum atomic E-state index is 9.25. The lowest BCUT2D eigenvalue weighted by Crippen LogP contribution is -2.03. The molecule has 16 heavy (non-hydrogen) atoms. The van der Waals surface area contributed by atoms with E-state index in [9.17, 15) is 5.11 Å². The van der Waals surface area contributed by atoms with Crippen molar-refractivity contribution in [3.05, 3.63) is 47.8 Å². The van der Waals surface area contributed by atoms with Crippen LogP contribution in [0.4, 0.5) is 0 Å². The summed E-state index contributed by atoms with van der Waals surface area (Å²) in [6, 6.07) is 10.0. The minimum Gasteiger partial charge on any atom is -0.392 e. The molecule has 3 nitrogen and oxygen atoms in total. The third-order valence-electron chi connectivity index (χ3n) is 2.61. The van der Waals surface area contributed by atoms with Crippen molar-refractivity contribution in [2.75, 3.05) is 0 Å². The molecule has 3 heteroatoms. The van der Waals surface area contributed by atoms with Gasteiger partial charge in [-0.25, -0.2) is 4.68 Å². The standard InChI is InChI=1S/C13H16N2O/c1-2-6-13-11(10-16)9-14-15(13)12-7-4-3-5-8-12/h3-5,7-9,16H,2,6,10H2,1H3. The van der Waals surface area contributed by atoms with E-state index in [1.165, 1.54) is 0 Å². The summed E-state index contributed by atoms with van der Waals surface area (Å²) in [7, 11) is 0. The van der Waals surface area contributed by atoms with Crippen molar-refractivity contribution in [3.63, 3.8) is 0 Å². The van der Waals surface area contributed by atoms with E-state index in [0.29, 0.717) is 0 Å². The van der Waals surface area contributed by atoms with Crippen LogP contribution >= 0.6 is 0 Å². The lowest BCUT2D eigenvalue weighted by molar-refractivity contribution is 0.280. The van der Waals surface area contributed by atoms with Crippen LogP contribution in [0, 0.1) is 0 Å². The molecule has 2 rings (SSSR count). The second-order valence-corrected chi connectivity index (χ2v) is 3.77.